The quantitative estimate of drug-likeness (QED) is 0.675. The SMILES string of the molecule is CC(C)(C)OC(=O)N1[C@H](N=O)C[C@@H]2CCCC[C@@H]21. The van der Waals surface area contributed by atoms with E-state index >= 15 is 0 Å². The smallest absolute Gasteiger partial charge is 0.412 e. The number of fused-ring (bicyclic) bond motifs is 1. The Balaban J connectivity index is 2.12. The van der Waals surface area contributed by atoms with Gasteiger partial charge in [-0.2, -0.15) is 0 Å². The summed E-state index contributed by atoms with van der Waals surface area (Å²) in [4.78, 5) is 24.7. The van der Waals surface area contributed by atoms with Crippen LogP contribution in [0.4, 0.5) is 4.79 Å². The summed E-state index contributed by atoms with van der Waals surface area (Å²) in [6.45, 7) is 5.51. The van der Waals surface area contributed by atoms with Crippen molar-refractivity contribution in [1.29, 1.82) is 0 Å². The van der Waals surface area contributed by atoms with Gasteiger partial charge in [0, 0.05) is 6.04 Å². The van der Waals surface area contributed by atoms with Gasteiger partial charge in [-0.1, -0.05) is 12.8 Å². The van der Waals surface area contributed by atoms with Gasteiger partial charge >= 0.3 is 6.09 Å². The first kappa shape index (κ1) is 13.3. The second-order valence-corrected chi connectivity index (χ2v) is 6.32. The second kappa shape index (κ2) is 4.86. The summed E-state index contributed by atoms with van der Waals surface area (Å²) in [6.07, 6.45) is 4.15. The average molecular weight is 254 g/mol. The predicted molar refractivity (Wildman–Crippen MR) is 68.0 cm³/mol. The molecule has 102 valence electrons. The van der Waals surface area contributed by atoms with Crippen molar-refractivity contribution in [1.82, 2.24) is 4.90 Å². The molecule has 5 heteroatoms. The third-order valence-corrected chi connectivity index (χ3v) is 3.79. The fraction of sp³-hybridized carbons (Fsp3) is 0.923. The summed E-state index contributed by atoms with van der Waals surface area (Å²) in [5, 5.41) is 3.12. The Labute approximate surface area is 108 Å². The van der Waals surface area contributed by atoms with Crippen LogP contribution in [0.5, 0.6) is 0 Å². The molecule has 0 radical (unpaired) electrons. The minimum Gasteiger partial charge on any atom is -0.444 e. The van der Waals surface area contributed by atoms with E-state index < -0.39 is 11.8 Å². The summed E-state index contributed by atoms with van der Waals surface area (Å²) < 4.78 is 5.39. The molecule has 1 saturated heterocycles. The topological polar surface area (TPSA) is 59.0 Å². The number of nitroso groups, excluding NO2 is 1. The maximum atomic E-state index is 12.2. The third-order valence-electron chi connectivity index (χ3n) is 3.79. The molecule has 0 N–H and O–H groups in total. The monoisotopic (exact) mass is 254 g/mol. The predicted octanol–water partition coefficient (Wildman–Crippen LogP) is 3.28. The summed E-state index contributed by atoms with van der Waals surface area (Å²) in [5.41, 5.74) is -0.530. The van der Waals surface area contributed by atoms with Crippen molar-refractivity contribution >= 4 is 6.09 Å². The minimum absolute atomic E-state index is 0.149. The molecule has 2 fully saturated rings. The molecule has 1 heterocycles. The molecule has 0 aromatic carbocycles. The van der Waals surface area contributed by atoms with Crippen LogP contribution in [0.3, 0.4) is 0 Å². The lowest BCUT2D eigenvalue weighted by molar-refractivity contribution is 0.0110. The van der Waals surface area contributed by atoms with Crippen molar-refractivity contribution in [3.05, 3.63) is 4.91 Å². The van der Waals surface area contributed by atoms with E-state index in [1.165, 1.54) is 6.42 Å². The first-order valence-electron chi connectivity index (χ1n) is 6.76. The number of hydrogen-bond donors (Lipinski definition) is 0. The molecule has 2 rings (SSSR count). The standard InChI is InChI=1S/C13H22N2O3/c1-13(2,3)18-12(16)15-10-7-5-4-6-9(10)8-11(15)14-17/h9-11H,4-8H2,1-3H3/t9-,10-,11-/m0/s1. The number of carbonyl (C=O) groups excluding carboxylic acids is 1. The molecule has 0 spiro atoms. The highest BCUT2D eigenvalue weighted by Gasteiger charge is 2.46. The van der Waals surface area contributed by atoms with Crippen LogP contribution in [-0.4, -0.2) is 28.8 Å². The molecule has 18 heavy (non-hydrogen) atoms. The van der Waals surface area contributed by atoms with Crippen molar-refractivity contribution in [3.8, 4) is 0 Å². The summed E-state index contributed by atoms with van der Waals surface area (Å²) in [5.74, 6) is 0.425. The van der Waals surface area contributed by atoms with Crippen molar-refractivity contribution in [2.75, 3.05) is 0 Å². The maximum Gasteiger partial charge on any atom is 0.412 e. The van der Waals surface area contributed by atoms with Crippen LogP contribution in [0.1, 0.15) is 52.9 Å². The zero-order chi connectivity index (χ0) is 13.3. The van der Waals surface area contributed by atoms with E-state index in [1.54, 1.807) is 4.90 Å². The average Bonchev–Trinajstić information content (AvgIpc) is 2.64. The van der Waals surface area contributed by atoms with Gasteiger partial charge in [-0.05, 0) is 51.1 Å². The number of hydrogen-bond acceptors (Lipinski definition) is 4. The van der Waals surface area contributed by atoms with Crippen molar-refractivity contribution in [2.45, 2.75) is 70.7 Å². The van der Waals surface area contributed by atoms with Crippen LogP contribution in [-0.2, 0) is 4.74 Å². The van der Waals surface area contributed by atoms with E-state index in [-0.39, 0.29) is 12.1 Å². The van der Waals surface area contributed by atoms with Crippen LogP contribution in [0.2, 0.25) is 0 Å². The number of rotatable bonds is 1. The summed E-state index contributed by atoms with van der Waals surface area (Å²) in [7, 11) is 0. The first-order valence-corrected chi connectivity index (χ1v) is 6.76. The molecular weight excluding hydrogens is 232 g/mol. The van der Waals surface area contributed by atoms with E-state index in [1.807, 2.05) is 20.8 Å². The first-order chi connectivity index (χ1) is 8.42. The largest absolute Gasteiger partial charge is 0.444 e. The number of amides is 1. The lowest BCUT2D eigenvalue weighted by atomic mass is 9.85. The summed E-state index contributed by atoms with van der Waals surface area (Å²) in [6, 6.07) is 0.149. The molecule has 2 aliphatic rings. The summed E-state index contributed by atoms with van der Waals surface area (Å²) >= 11 is 0. The van der Waals surface area contributed by atoms with Crippen LogP contribution < -0.4 is 0 Å². The van der Waals surface area contributed by atoms with E-state index in [4.69, 9.17) is 4.74 Å². The Kier molecular flexibility index (Phi) is 3.59. The number of carbonyl (C=O) groups is 1. The zero-order valence-electron chi connectivity index (χ0n) is 11.4. The van der Waals surface area contributed by atoms with E-state index in [0.29, 0.717) is 12.3 Å². The lowest BCUT2D eigenvalue weighted by Gasteiger charge is -2.33. The molecule has 5 nitrogen and oxygen atoms in total. The number of likely N-dealkylation sites (tertiary alicyclic amines) is 1. The fourth-order valence-corrected chi connectivity index (χ4v) is 3.10. The van der Waals surface area contributed by atoms with Crippen LogP contribution in [0, 0.1) is 10.8 Å². The molecule has 1 aliphatic heterocycles. The number of ether oxygens (including phenoxy) is 1. The van der Waals surface area contributed by atoms with Gasteiger partial charge in [-0.3, -0.25) is 4.90 Å². The Hall–Kier alpha value is -1.13. The van der Waals surface area contributed by atoms with Gasteiger partial charge in [0.05, 0.1) is 0 Å². The van der Waals surface area contributed by atoms with Gasteiger partial charge in [-0.25, -0.2) is 4.79 Å². The van der Waals surface area contributed by atoms with Gasteiger partial charge in [-0.15, -0.1) is 4.91 Å². The normalized spacial score (nSPS) is 31.9. The molecule has 1 amide bonds. The second-order valence-electron chi connectivity index (χ2n) is 6.32. The Morgan fingerprint density at radius 3 is 2.56 bits per heavy atom. The fourth-order valence-electron chi connectivity index (χ4n) is 3.10. The Morgan fingerprint density at radius 2 is 1.94 bits per heavy atom. The van der Waals surface area contributed by atoms with E-state index in [2.05, 4.69) is 5.18 Å². The van der Waals surface area contributed by atoms with Gasteiger partial charge in [0.15, 0.2) is 6.17 Å². The van der Waals surface area contributed by atoms with Gasteiger partial charge < -0.3 is 4.74 Å². The Bertz CT molecular complexity index is 338. The van der Waals surface area contributed by atoms with Crippen LogP contribution >= 0.6 is 0 Å². The zero-order valence-corrected chi connectivity index (χ0v) is 11.4. The molecule has 1 saturated carbocycles. The maximum absolute atomic E-state index is 12.2. The molecule has 0 unspecified atom stereocenters. The molecular formula is C13H22N2O3. The van der Waals surface area contributed by atoms with E-state index in [0.717, 1.165) is 19.3 Å². The Morgan fingerprint density at radius 1 is 1.28 bits per heavy atom. The third kappa shape index (κ3) is 2.65. The van der Waals surface area contributed by atoms with Crippen molar-refractivity contribution in [3.63, 3.8) is 0 Å². The molecule has 0 aromatic heterocycles. The van der Waals surface area contributed by atoms with Gasteiger partial charge in [0.25, 0.3) is 0 Å². The molecule has 1 aliphatic carbocycles. The van der Waals surface area contributed by atoms with Crippen molar-refractivity contribution < 1.29 is 9.53 Å². The highest BCUT2D eigenvalue weighted by atomic mass is 16.6. The molecule has 0 aromatic rings. The lowest BCUT2D eigenvalue weighted by Crippen LogP contribution is -2.45. The molecule has 0 bridgehead atoms. The van der Waals surface area contributed by atoms with Crippen molar-refractivity contribution in [2.24, 2.45) is 11.1 Å². The number of nitrogens with zero attached hydrogens (tertiary/aromatic N) is 2. The highest BCUT2D eigenvalue weighted by Crippen LogP contribution is 2.40. The van der Waals surface area contributed by atoms with Crippen LogP contribution in [0.25, 0.3) is 0 Å². The van der Waals surface area contributed by atoms with Gasteiger partial charge in [0.1, 0.15) is 5.60 Å². The van der Waals surface area contributed by atoms with E-state index in [9.17, 15) is 9.70 Å². The minimum atomic E-state index is -0.534. The molecule has 3 atom stereocenters. The van der Waals surface area contributed by atoms with Crippen LogP contribution in [0.15, 0.2) is 5.18 Å². The van der Waals surface area contributed by atoms with Gasteiger partial charge in [0.2, 0.25) is 0 Å². The highest BCUT2D eigenvalue weighted by molar-refractivity contribution is 5.69.